The minimum absolute atomic E-state index is 0.0543. The maximum absolute atomic E-state index is 13.0. The average molecular weight is 283 g/mol. The fraction of sp³-hybridized carbons (Fsp3) is 0.562. The van der Waals surface area contributed by atoms with E-state index in [2.05, 4.69) is 13.8 Å². The molecule has 0 bridgehead atoms. The van der Waals surface area contributed by atoms with Crippen molar-refractivity contribution in [3.8, 4) is 0 Å². The van der Waals surface area contributed by atoms with E-state index in [4.69, 9.17) is 5.73 Å². The van der Waals surface area contributed by atoms with Gasteiger partial charge in [-0.2, -0.15) is 0 Å². The van der Waals surface area contributed by atoms with E-state index in [1.54, 1.807) is 0 Å². The molecule has 112 valence electrons. The monoisotopic (exact) mass is 283 g/mol. The van der Waals surface area contributed by atoms with Gasteiger partial charge in [-0.1, -0.05) is 19.9 Å². The second-order valence-corrected chi connectivity index (χ2v) is 5.58. The number of ketones is 1. The molecular formula is C16H23F2NO. The molecule has 4 heteroatoms. The van der Waals surface area contributed by atoms with Crippen molar-refractivity contribution < 1.29 is 13.6 Å². The number of benzene rings is 1. The highest BCUT2D eigenvalue weighted by molar-refractivity contribution is 5.80. The van der Waals surface area contributed by atoms with Crippen molar-refractivity contribution in [1.82, 2.24) is 0 Å². The molecule has 2 N–H and O–H groups in total. The molecule has 20 heavy (non-hydrogen) atoms. The number of hydrogen-bond acceptors (Lipinski definition) is 2. The van der Waals surface area contributed by atoms with E-state index in [0.29, 0.717) is 30.4 Å². The highest BCUT2D eigenvalue weighted by Gasteiger charge is 2.15. The summed E-state index contributed by atoms with van der Waals surface area (Å²) in [5.74, 6) is -0.801. The van der Waals surface area contributed by atoms with Crippen molar-refractivity contribution >= 4 is 5.78 Å². The Labute approximate surface area is 119 Å². The summed E-state index contributed by atoms with van der Waals surface area (Å²) >= 11 is 0. The lowest BCUT2D eigenvalue weighted by molar-refractivity contribution is -0.118. The van der Waals surface area contributed by atoms with Gasteiger partial charge in [-0.25, -0.2) is 8.78 Å². The number of carbonyl (C=O) groups is 1. The van der Waals surface area contributed by atoms with Crippen LogP contribution in [0.15, 0.2) is 18.2 Å². The predicted octanol–water partition coefficient (Wildman–Crippen LogP) is 3.48. The van der Waals surface area contributed by atoms with Crippen LogP contribution in [0.25, 0.3) is 0 Å². The van der Waals surface area contributed by atoms with Crippen molar-refractivity contribution in [1.29, 1.82) is 0 Å². The van der Waals surface area contributed by atoms with Crippen LogP contribution in [-0.2, 0) is 11.2 Å². The highest BCUT2D eigenvalue weighted by atomic mass is 19.2. The summed E-state index contributed by atoms with van der Waals surface area (Å²) < 4.78 is 25.8. The molecule has 1 unspecified atom stereocenters. The van der Waals surface area contributed by atoms with Crippen molar-refractivity contribution in [2.45, 2.75) is 39.5 Å². The molecule has 0 amide bonds. The molecule has 2 nitrogen and oxygen atoms in total. The maximum Gasteiger partial charge on any atom is 0.159 e. The Bertz CT molecular complexity index is 446. The van der Waals surface area contributed by atoms with E-state index in [0.717, 1.165) is 25.0 Å². The fourth-order valence-corrected chi connectivity index (χ4v) is 2.34. The molecule has 0 fully saturated rings. The van der Waals surface area contributed by atoms with Gasteiger partial charge in [-0.05, 0) is 48.9 Å². The van der Waals surface area contributed by atoms with Crippen LogP contribution in [0, 0.1) is 23.5 Å². The molecule has 1 atom stereocenters. The Morgan fingerprint density at radius 3 is 2.45 bits per heavy atom. The Morgan fingerprint density at radius 1 is 1.20 bits per heavy atom. The lowest BCUT2D eigenvalue weighted by Gasteiger charge is -2.19. The average Bonchev–Trinajstić information content (AvgIpc) is 2.38. The first kappa shape index (κ1) is 16.8. The second kappa shape index (κ2) is 8.10. The Hall–Kier alpha value is -1.29. The number of carbonyl (C=O) groups excluding carboxylic acids is 1. The van der Waals surface area contributed by atoms with Crippen LogP contribution in [-0.4, -0.2) is 12.3 Å². The van der Waals surface area contributed by atoms with Crippen LogP contribution in [0.1, 0.15) is 38.7 Å². The van der Waals surface area contributed by atoms with Crippen LogP contribution in [0.3, 0.4) is 0 Å². The lowest BCUT2D eigenvalue weighted by Crippen LogP contribution is -2.16. The van der Waals surface area contributed by atoms with Crippen LogP contribution < -0.4 is 5.73 Å². The summed E-state index contributed by atoms with van der Waals surface area (Å²) in [6.45, 7) is 4.88. The number of halogens is 2. The van der Waals surface area contributed by atoms with Crippen molar-refractivity contribution in [3.63, 3.8) is 0 Å². The molecule has 1 aromatic rings. The van der Waals surface area contributed by atoms with Gasteiger partial charge >= 0.3 is 0 Å². The Balaban J connectivity index is 2.48. The highest BCUT2D eigenvalue weighted by Crippen LogP contribution is 2.21. The Morgan fingerprint density at radius 2 is 1.90 bits per heavy atom. The lowest BCUT2D eigenvalue weighted by atomic mass is 9.87. The van der Waals surface area contributed by atoms with E-state index in [-0.39, 0.29) is 12.2 Å². The van der Waals surface area contributed by atoms with E-state index < -0.39 is 11.6 Å². The van der Waals surface area contributed by atoms with Gasteiger partial charge in [-0.3, -0.25) is 4.79 Å². The van der Waals surface area contributed by atoms with Gasteiger partial charge in [0.1, 0.15) is 5.78 Å². The molecule has 0 aliphatic heterocycles. The smallest absolute Gasteiger partial charge is 0.159 e. The molecule has 0 aromatic heterocycles. The summed E-state index contributed by atoms with van der Waals surface area (Å²) in [6.07, 6.45) is 2.33. The van der Waals surface area contributed by atoms with Crippen LogP contribution in [0.4, 0.5) is 8.78 Å². The van der Waals surface area contributed by atoms with Gasteiger partial charge in [-0.15, -0.1) is 0 Å². The predicted molar refractivity (Wildman–Crippen MR) is 76.3 cm³/mol. The van der Waals surface area contributed by atoms with Crippen molar-refractivity contribution in [2.24, 2.45) is 17.6 Å². The third-order valence-electron chi connectivity index (χ3n) is 3.66. The van der Waals surface area contributed by atoms with E-state index >= 15 is 0 Å². The standard InChI is InChI=1S/C16H23F2NO/c1-11(2)13(7-8-19)4-5-14(20)9-12-3-6-15(17)16(18)10-12/h3,6,10-11,13H,4-5,7-9,19H2,1-2H3. The number of hydrogen-bond donors (Lipinski definition) is 1. The molecule has 0 saturated heterocycles. The Kier molecular flexibility index (Phi) is 6.79. The van der Waals surface area contributed by atoms with Gasteiger partial charge < -0.3 is 5.73 Å². The molecular weight excluding hydrogens is 260 g/mol. The molecule has 0 heterocycles. The summed E-state index contributed by atoms with van der Waals surface area (Å²) in [5, 5.41) is 0. The molecule has 0 radical (unpaired) electrons. The zero-order chi connectivity index (χ0) is 15.1. The zero-order valence-corrected chi connectivity index (χ0v) is 12.2. The van der Waals surface area contributed by atoms with E-state index in [9.17, 15) is 13.6 Å². The summed E-state index contributed by atoms with van der Waals surface area (Å²) in [6, 6.07) is 3.60. The molecule has 0 aliphatic carbocycles. The third-order valence-corrected chi connectivity index (χ3v) is 3.66. The first-order chi connectivity index (χ1) is 9.43. The normalized spacial score (nSPS) is 12.7. The van der Waals surface area contributed by atoms with Gasteiger partial charge in [0.15, 0.2) is 11.6 Å². The molecule has 0 aliphatic rings. The van der Waals surface area contributed by atoms with Gasteiger partial charge in [0, 0.05) is 12.8 Å². The molecule has 1 rings (SSSR count). The molecule has 0 saturated carbocycles. The molecule has 1 aromatic carbocycles. The number of nitrogens with two attached hydrogens (primary N) is 1. The fourth-order valence-electron chi connectivity index (χ4n) is 2.34. The maximum atomic E-state index is 13.0. The number of rotatable bonds is 8. The van der Waals surface area contributed by atoms with Gasteiger partial charge in [0.05, 0.1) is 0 Å². The van der Waals surface area contributed by atoms with E-state index in [1.807, 2.05) is 0 Å². The SMILES string of the molecule is CC(C)C(CCN)CCC(=O)Cc1ccc(F)c(F)c1. The van der Waals surface area contributed by atoms with Gasteiger partial charge in [0.25, 0.3) is 0 Å². The minimum atomic E-state index is -0.904. The first-order valence-electron chi connectivity index (χ1n) is 7.09. The first-order valence-corrected chi connectivity index (χ1v) is 7.09. The zero-order valence-electron chi connectivity index (χ0n) is 12.2. The van der Waals surface area contributed by atoms with Crippen molar-refractivity contribution in [2.75, 3.05) is 6.54 Å². The molecule has 0 spiro atoms. The van der Waals surface area contributed by atoms with E-state index in [1.165, 1.54) is 6.07 Å². The largest absolute Gasteiger partial charge is 0.330 e. The second-order valence-electron chi connectivity index (χ2n) is 5.58. The van der Waals surface area contributed by atoms with Crippen LogP contribution >= 0.6 is 0 Å². The number of Topliss-reactive ketones (excluding diaryl/α,β-unsaturated/α-hetero) is 1. The quantitative estimate of drug-likeness (QED) is 0.793. The van der Waals surface area contributed by atoms with Crippen molar-refractivity contribution in [3.05, 3.63) is 35.4 Å². The topological polar surface area (TPSA) is 43.1 Å². The van der Waals surface area contributed by atoms with Crippen LogP contribution in [0.2, 0.25) is 0 Å². The summed E-state index contributed by atoms with van der Waals surface area (Å²) in [4.78, 5) is 11.9. The van der Waals surface area contributed by atoms with Crippen LogP contribution in [0.5, 0.6) is 0 Å². The summed E-state index contributed by atoms with van der Waals surface area (Å²) in [5.41, 5.74) is 6.09. The van der Waals surface area contributed by atoms with Gasteiger partial charge in [0.2, 0.25) is 0 Å². The minimum Gasteiger partial charge on any atom is -0.330 e. The third kappa shape index (κ3) is 5.37. The summed E-state index contributed by atoms with van der Waals surface area (Å²) in [7, 11) is 0.